The third-order valence-electron chi connectivity index (χ3n) is 4.27. The summed E-state index contributed by atoms with van der Waals surface area (Å²) in [5.74, 6) is -0.808. The van der Waals surface area contributed by atoms with Gasteiger partial charge < -0.3 is 9.63 Å². The number of aromatic hydroxyl groups is 1. The summed E-state index contributed by atoms with van der Waals surface area (Å²) in [6.45, 7) is 1.34. The number of anilines is 2. The van der Waals surface area contributed by atoms with Gasteiger partial charge >= 0.3 is 0 Å². The van der Waals surface area contributed by atoms with Crippen molar-refractivity contribution in [1.82, 2.24) is 15.1 Å². The van der Waals surface area contributed by atoms with Crippen molar-refractivity contribution >= 4 is 17.5 Å². The summed E-state index contributed by atoms with van der Waals surface area (Å²) in [5.41, 5.74) is 2.06. The third-order valence-corrected chi connectivity index (χ3v) is 4.27. The first kappa shape index (κ1) is 18.3. The van der Waals surface area contributed by atoms with Crippen molar-refractivity contribution in [2.45, 2.75) is 6.92 Å². The lowest BCUT2D eigenvalue weighted by Gasteiger charge is -2.20. The molecule has 4 rings (SSSR count). The summed E-state index contributed by atoms with van der Waals surface area (Å²) in [7, 11) is 0. The molecule has 7 nitrogen and oxygen atoms in total. The molecule has 0 aliphatic heterocycles. The summed E-state index contributed by atoms with van der Waals surface area (Å²) in [6, 6.07) is 13.7. The lowest BCUT2D eigenvalue weighted by Crippen LogP contribution is -2.23. The maximum absolute atomic E-state index is 13.4. The largest absolute Gasteiger partial charge is 0.506 e. The van der Waals surface area contributed by atoms with Crippen LogP contribution in [-0.4, -0.2) is 26.1 Å². The molecule has 8 heteroatoms. The van der Waals surface area contributed by atoms with E-state index in [9.17, 15) is 14.3 Å². The van der Waals surface area contributed by atoms with E-state index in [0.29, 0.717) is 22.5 Å². The quantitative estimate of drug-likeness (QED) is 0.558. The van der Waals surface area contributed by atoms with E-state index in [2.05, 4.69) is 15.1 Å². The van der Waals surface area contributed by atoms with Crippen LogP contribution in [0, 0.1) is 5.82 Å². The number of phenols is 1. The predicted octanol–water partition coefficient (Wildman–Crippen LogP) is 4.33. The van der Waals surface area contributed by atoms with Crippen LogP contribution in [0.1, 0.15) is 6.92 Å². The number of halogens is 1. The molecule has 1 amide bonds. The van der Waals surface area contributed by atoms with Gasteiger partial charge in [-0.3, -0.25) is 4.79 Å². The average Bonchev–Trinajstić information content (AvgIpc) is 3.15. The number of aromatic nitrogens is 3. The summed E-state index contributed by atoms with van der Waals surface area (Å²) in [6.07, 6.45) is 2.91. The topological polar surface area (TPSA) is 92.4 Å². The monoisotopic (exact) mass is 390 g/mol. The molecule has 2 heterocycles. The fourth-order valence-electron chi connectivity index (χ4n) is 2.98. The number of carbonyl (C=O) groups is 1. The van der Waals surface area contributed by atoms with Crippen molar-refractivity contribution in [2.75, 3.05) is 4.90 Å². The van der Waals surface area contributed by atoms with Gasteiger partial charge in [-0.25, -0.2) is 19.3 Å². The van der Waals surface area contributed by atoms with E-state index in [4.69, 9.17) is 4.52 Å². The molecule has 0 spiro atoms. The lowest BCUT2D eigenvalue weighted by atomic mass is 10.0. The zero-order valence-corrected chi connectivity index (χ0v) is 15.3. The first-order valence-corrected chi connectivity index (χ1v) is 8.67. The Bertz CT molecular complexity index is 1160. The van der Waals surface area contributed by atoms with E-state index in [1.165, 1.54) is 36.4 Å². The van der Waals surface area contributed by atoms with E-state index in [1.807, 2.05) is 0 Å². The smallest absolute Gasteiger partial charge is 0.248 e. The molecule has 0 bridgehead atoms. The predicted molar refractivity (Wildman–Crippen MR) is 104 cm³/mol. The minimum Gasteiger partial charge on any atom is -0.506 e. The minimum atomic E-state index is -0.399. The molecular formula is C21H15FN4O3. The highest BCUT2D eigenvalue weighted by Gasteiger charge is 2.29. The first-order valence-electron chi connectivity index (χ1n) is 8.67. The van der Waals surface area contributed by atoms with Gasteiger partial charge in [0.1, 0.15) is 23.6 Å². The molecule has 2 aromatic carbocycles. The van der Waals surface area contributed by atoms with E-state index < -0.39 is 5.91 Å². The summed E-state index contributed by atoms with van der Waals surface area (Å²) in [4.78, 5) is 21.9. The third kappa shape index (κ3) is 3.43. The van der Waals surface area contributed by atoms with Crippen LogP contribution in [0.4, 0.5) is 16.0 Å². The summed E-state index contributed by atoms with van der Waals surface area (Å²) >= 11 is 0. The number of phenolic OH excluding ortho intramolecular Hbond substituents is 1. The zero-order chi connectivity index (χ0) is 20.4. The van der Waals surface area contributed by atoms with Gasteiger partial charge in [0.05, 0.1) is 16.9 Å². The molecule has 29 heavy (non-hydrogen) atoms. The lowest BCUT2D eigenvalue weighted by molar-refractivity contribution is -0.116. The number of hydrogen-bond donors (Lipinski definition) is 1. The van der Waals surface area contributed by atoms with Gasteiger partial charge in [-0.15, -0.1) is 0 Å². The van der Waals surface area contributed by atoms with Crippen molar-refractivity contribution in [2.24, 2.45) is 0 Å². The van der Waals surface area contributed by atoms with Crippen LogP contribution in [0.25, 0.3) is 22.5 Å². The molecule has 0 aliphatic rings. The molecule has 0 aliphatic carbocycles. The Balaban J connectivity index is 1.97. The van der Waals surface area contributed by atoms with E-state index in [0.717, 1.165) is 0 Å². The van der Waals surface area contributed by atoms with E-state index in [-0.39, 0.29) is 23.1 Å². The van der Waals surface area contributed by atoms with E-state index in [1.54, 1.807) is 42.6 Å². The van der Waals surface area contributed by atoms with Crippen LogP contribution >= 0.6 is 0 Å². The Hall–Kier alpha value is -4.07. The van der Waals surface area contributed by atoms with Gasteiger partial charge in [0.2, 0.25) is 11.8 Å². The van der Waals surface area contributed by atoms with Crippen LogP contribution < -0.4 is 4.90 Å². The Morgan fingerprint density at radius 1 is 1.10 bits per heavy atom. The molecule has 0 fully saturated rings. The van der Waals surface area contributed by atoms with Crippen LogP contribution in [0.2, 0.25) is 0 Å². The highest BCUT2D eigenvalue weighted by atomic mass is 19.1. The van der Waals surface area contributed by atoms with Crippen molar-refractivity contribution in [1.29, 1.82) is 0 Å². The maximum Gasteiger partial charge on any atom is 0.248 e. The van der Waals surface area contributed by atoms with Crippen molar-refractivity contribution in [3.8, 4) is 28.3 Å². The highest BCUT2D eigenvalue weighted by molar-refractivity contribution is 6.03. The number of rotatable bonds is 4. The standard InChI is InChI=1S/C21H15FN4O3/c1-13(27)26(17-4-2-3-5-18(17)28)21-19(16-10-11-23-12-24-16)20(25-29-21)14-6-8-15(22)9-7-14/h2-12,28H,1H3. The number of hydrogen-bond acceptors (Lipinski definition) is 6. The fraction of sp³-hybridized carbons (Fsp3) is 0.0476. The highest BCUT2D eigenvalue weighted by Crippen LogP contribution is 2.43. The van der Waals surface area contributed by atoms with Gasteiger partial charge in [0.15, 0.2) is 0 Å². The fourth-order valence-corrected chi connectivity index (χ4v) is 2.98. The molecule has 1 N–H and O–H groups in total. The number of benzene rings is 2. The minimum absolute atomic E-state index is 0.0806. The van der Waals surface area contributed by atoms with Crippen LogP contribution in [-0.2, 0) is 4.79 Å². The molecule has 2 aromatic heterocycles. The Morgan fingerprint density at radius 2 is 1.86 bits per heavy atom. The second-order valence-corrected chi connectivity index (χ2v) is 6.16. The van der Waals surface area contributed by atoms with E-state index >= 15 is 0 Å². The van der Waals surface area contributed by atoms with Crippen molar-refractivity contribution in [3.05, 3.63) is 72.9 Å². The summed E-state index contributed by atoms with van der Waals surface area (Å²) in [5, 5.41) is 14.4. The second-order valence-electron chi connectivity index (χ2n) is 6.16. The molecule has 144 valence electrons. The molecular weight excluding hydrogens is 375 g/mol. The van der Waals surface area contributed by atoms with Gasteiger partial charge in [-0.2, -0.15) is 0 Å². The average molecular weight is 390 g/mol. The Labute approximate surface area is 165 Å². The van der Waals surface area contributed by atoms with Gasteiger partial charge in [-0.1, -0.05) is 17.3 Å². The molecule has 0 saturated heterocycles. The SMILES string of the molecule is CC(=O)N(c1ccccc1O)c1onc(-c2ccc(F)cc2)c1-c1ccncn1. The first-order chi connectivity index (χ1) is 14.1. The number of amides is 1. The zero-order valence-electron chi connectivity index (χ0n) is 15.3. The Morgan fingerprint density at radius 3 is 2.52 bits per heavy atom. The van der Waals surface area contributed by atoms with Crippen molar-refractivity contribution in [3.63, 3.8) is 0 Å². The normalized spacial score (nSPS) is 10.7. The summed E-state index contributed by atoms with van der Waals surface area (Å²) < 4.78 is 18.9. The number of carbonyl (C=O) groups excluding carboxylic acids is 1. The number of nitrogens with zero attached hydrogens (tertiary/aromatic N) is 4. The molecule has 0 unspecified atom stereocenters. The van der Waals surface area contributed by atoms with Gasteiger partial charge in [0.25, 0.3) is 0 Å². The van der Waals surface area contributed by atoms with Gasteiger partial charge in [0, 0.05) is 18.7 Å². The van der Waals surface area contributed by atoms with Crippen LogP contribution in [0.3, 0.4) is 0 Å². The van der Waals surface area contributed by atoms with Crippen LogP contribution in [0.5, 0.6) is 5.75 Å². The molecule has 4 aromatic rings. The second kappa shape index (κ2) is 7.51. The molecule has 0 saturated carbocycles. The Kier molecular flexibility index (Phi) is 4.74. The molecule has 0 atom stereocenters. The molecule has 0 radical (unpaired) electrons. The maximum atomic E-state index is 13.4. The van der Waals surface area contributed by atoms with Crippen LogP contribution in [0.15, 0.2) is 71.6 Å². The van der Waals surface area contributed by atoms with Gasteiger partial charge in [-0.05, 0) is 42.5 Å². The van der Waals surface area contributed by atoms with Crippen molar-refractivity contribution < 1.29 is 18.8 Å². The number of para-hydroxylation sites is 2.